The summed E-state index contributed by atoms with van der Waals surface area (Å²) in [6.07, 6.45) is 1.51. The van der Waals surface area contributed by atoms with Gasteiger partial charge in [0.15, 0.2) is 11.6 Å². The Balaban J connectivity index is 0.00000162. The van der Waals surface area contributed by atoms with E-state index in [1.807, 2.05) is 7.05 Å². The first-order valence-corrected chi connectivity index (χ1v) is 5.15. The molecule has 0 amide bonds. The quantitative estimate of drug-likeness (QED) is 0.944. The summed E-state index contributed by atoms with van der Waals surface area (Å²) in [6.45, 7) is 1.10. The summed E-state index contributed by atoms with van der Waals surface area (Å²) >= 11 is 0. The molecule has 8 heteroatoms. The molecule has 1 aromatic carbocycles. The highest BCUT2D eigenvalue weighted by Crippen LogP contribution is 2.17. The molecule has 1 heterocycles. The first kappa shape index (κ1) is 17.8. The molecular weight excluding hydrogens is 297 g/mol. The van der Waals surface area contributed by atoms with Crippen molar-refractivity contribution in [1.82, 2.24) is 9.97 Å². The highest BCUT2D eigenvalue weighted by molar-refractivity contribution is 5.85. The van der Waals surface area contributed by atoms with Gasteiger partial charge in [0.25, 0.3) is 0 Å². The summed E-state index contributed by atoms with van der Waals surface area (Å²) < 4.78 is 26.0. The number of hydrogen-bond donors (Lipinski definition) is 1. The van der Waals surface area contributed by atoms with Crippen LogP contribution < -0.4 is 10.6 Å². The molecule has 0 radical (unpaired) electrons. The fourth-order valence-electron chi connectivity index (χ4n) is 1.49. The second-order valence-electron chi connectivity index (χ2n) is 3.69. The van der Waals surface area contributed by atoms with Crippen LogP contribution in [0.2, 0.25) is 0 Å². The van der Waals surface area contributed by atoms with E-state index >= 15 is 0 Å². The van der Waals surface area contributed by atoms with Crippen molar-refractivity contribution in [2.45, 2.75) is 0 Å². The fraction of sp³-hybridized carbons (Fsp3) is 0.273. The summed E-state index contributed by atoms with van der Waals surface area (Å²) in [6, 6.07) is 2.07. The van der Waals surface area contributed by atoms with Gasteiger partial charge in [0.05, 0.1) is 17.2 Å². The van der Waals surface area contributed by atoms with Crippen LogP contribution in [-0.4, -0.2) is 30.1 Å². The van der Waals surface area contributed by atoms with E-state index in [9.17, 15) is 8.78 Å². The Kier molecular flexibility index (Phi) is 6.89. The van der Waals surface area contributed by atoms with E-state index in [1.165, 1.54) is 6.20 Å². The Hall–Kier alpha value is -1.24. The Bertz CT molecular complexity index is 553. The number of anilines is 1. The third-order valence-electron chi connectivity index (χ3n) is 2.43. The minimum absolute atomic E-state index is 0. The summed E-state index contributed by atoms with van der Waals surface area (Å²) in [5, 5.41) is 0. The van der Waals surface area contributed by atoms with Crippen molar-refractivity contribution in [2.24, 2.45) is 5.73 Å². The molecule has 2 aromatic rings. The van der Waals surface area contributed by atoms with Gasteiger partial charge in [-0.25, -0.2) is 13.8 Å². The van der Waals surface area contributed by atoms with Crippen LogP contribution in [0.1, 0.15) is 0 Å². The first-order chi connectivity index (χ1) is 8.11. The van der Waals surface area contributed by atoms with Crippen molar-refractivity contribution in [3.8, 4) is 0 Å². The fourth-order valence-corrected chi connectivity index (χ4v) is 1.49. The van der Waals surface area contributed by atoms with E-state index in [4.69, 9.17) is 5.73 Å². The van der Waals surface area contributed by atoms with Gasteiger partial charge < -0.3 is 10.6 Å². The predicted molar refractivity (Wildman–Crippen MR) is 76.3 cm³/mol. The van der Waals surface area contributed by atoms with Crippen molar-refractivity contribution in [2.75, 3.05) is 25.0 Å². The van der Waals surface area contributed by atoms with Gasteiger partial charge in [0, 0.05) is 32.3 Å². The molecule has 0 saturated heterocycles. The number of rotatable bonds is 3. The van der Waals surface area contributed by atoms with Gasteiger partial charge >= 0.3 is 0 Å². The molecule has 2 N–H and O–H groups in total. The minimum atomic E-state index is -0.926. The van der Waals surface area contributed by atoms with Gasteiger partial charge in [-0.3, -0.25) is 4.98 Å². The lowest BCUT2D eigenvalue weighted by Crippen LogP contribution is -2.25. The maximum absolute atomic E-state index is 13.1. The molecule has 4 nitrogen and oxygen atoms in total. The zero-order valence-electron chi connectivity index (χ0n) is 10.1. The smallest absolute Gasteiger partial charge is 0.161 e. The number of halogens is 4. The Morgan fingerprint density at radius 3 is 2.32 bits per heavy atom. The molecule has 0 bridgehead atoms. The van der Waals surface area contributed by atoms with Gasteiger partial charge in [0.2, 0.25) is 0 Å². The number of aromatic nitrogens is 2. The summed E-state index contributed by atoms with van der Waals surface area (Å²) in [5.74, 6) is -1.27. The summed E-state index contributed by atoms with van der Waals surface area (Å²) in [7, 11) is 1.81. The molecule has 1 aromatic heterocycles. The van der Waals surface area contributed by atoms with Crippen LogP contribution in [0, 0.1) is 11.6 Å². The highest BCUT2D eigenvalue weighted by atomic mass is 35.5. The number of nitrogens with zero attached hydrogens (tertiary/aromatic N) is 3. The standard InChI is InChI=1S/C11H12F2N4.2ClH/c1-17(3-2-14)11-6-15-9-4-7(12)8(13)5-10(9)16-11;;/h4-6H,2-3,14H2,1H3;2*1H. The third-order valence-corrected chi connectivity index (χ3v) is 2.43. The van der Waals surface area contributed by atoms with Gasteiger partial charge in [-0.05, 0) is 0 Å². The molecule has 0 atom stereocenters. The van der Waals surface area contributed by atoms with E-state index in [0.29, 0.717) is 29.9 Å². The largest absolute Gasteiger partial charge is 0.357 e. The van der Waals surface area contributed by atoms with Gasteiger partial charge in [-0.1, -0.05) is 0 Å². The second-order valence-corrected chi connectivity index (χ2v) is 3.69. The lowest BCUT2D eigenvalue weighted by atomic mass is 10.3. The first-order valence-electron chi connectivity index (χ1n) is 5.15. The molecule has 0 saturated carbocycles. The second kappa shape index (κ2) is 7.37. The Morgan fingerprint density at radius 2 is 1.74 bits per heavy atom. The van der Waals surface area contributed by atoms with E-state index in [2.05, 4.69) is 9.97 Å². The Labute approximate surface area is 121 Å². The molecular formula is C11H14Cl2F2N4. The molecule has 19 heavy (non-hydrogen) atoms. The maximum Gasteiger partial charge on any atom is 0.161 e. The normalized spacial score (nSPS) is 9.68. The van der Waals surface area contributed by atoms with Crippen LogP contribution >= 0.6 is 24.8 Å². The van der Waals surface area contributed by atoms with E-state index in [1.54, 1.807) is 4.90 Å². The average molecular weight is 311 g/mol. The number of benzene rings is 1. The van der Waals surface area contributed by atoms with Crippen LogP contribution in [0.5, 0.6) is 0 Å². The van der Waals surface area contributed by atoms with Gasteiger partial charge in [-0.2, -0.15) is 0 Å². The van der Waals surface area contributed by atoms with Crippen LogP contribution in [0.3, 0.4) is 0 Å². The Morgan fingerprint density at radius 1 is 1.16 bits per heavy atom. The molecule has 0 spiro atoms. The molecule has 0 aliphatic carbocycles. The molecule has 0 aliphatic heterocycles. The van der Waals surface area contributed by atoms with E-state index in [0.717, 1.165) is 12.1 Å². The van der Waals surface area contributed by atoms with Crippen LogP contribution in [-0.2, 0) is 0 Å². The summed E-state index contributed by atoms with van der Waals surface area (Å²) in [5.41, 5.74) is 6.08. The molecule has 2 rings (SSSR count). The lowest BCUT2D eigenvalue weighted by Gasteiger charge is -2.16. The third kappa shape index (κ3) is 3.86. The zero-order valence-corrected chi connectivity index (χ0v) is 11.8. The van der Waals surface area contributed by atoms with E-state index in [-0.39, 0.29) is 24.8 Å². The average Bonchev–Trinajstić information content (AvgIpc) is 2.30. The van der Waals surface area contributed by atoms with Crippen LogP contribution in [0.4, 0.5) is 14.6 Å². The van der Waals surface area contributed by atoms with Crippen molar-refractivity contribution in [3.63, 3.8) is 0 Å². The van der Waals surface area contributed by atoms with Crippen molar-refractivity contribution < 1.29 is 8.78 Å². The van der Waals surface area contributed by atoms with Gasteiger partial charge in [0.1, 0.15) is 5.82 Å². The maximum atomic E-state index is 13.1. The van der Waals surface area contributed by atoms with Crippen molar-refractivity contribution >= 4 is 41.7 Å². The number of fused-ring (bicyclic) bond motifs is 1. The SMILES string of the molecule is CN(CCN)c1cnc2cc(F)c(F)cc2n1.Cl.Cl. The number of nitrogens with two attached hydrogens (primary N) is 1. The predicted octanol–water partition coefficient (Wildman–Crippen LogP) is 2.15. The van der Waals surface area contributed by atoms with E-state index < -0.39 is 11.6 Å². The highest BCUT2D eigenvalue weighted by Gasteiger charge is 2.08. The van der Waals surface area contributed by atoms with Crippen LogP contribution in [0.25, 0.3) is 11.0 Å². The lowest BCUT2D eigenvalue weighted by molar-refractivity contribution is 0.510. The molecule has 0 aliphatic rings. The zero-order chi connectivity index (χ0) is 12.4. The van der Waals surface area contributed by atoms with Crippen LogP contribution in [0.15, 0.2) is 18.3 Å². The minimum Gasteiger partial charge on any atom is -0.357 e. The number of likely N-dealkylation sites (N-methyl/N-ethyl adjacent to an activating group) is 1. The number of hydrogen-bond acceptors (Lipinski definition) is 4. The summed E-state index contributed by atoms with van der Waals surface area (Å²) in [4.78, 5) is 10.0. The van der Waals surface area contributed by atoms with Crippen molar-refractivity contribution in [3.05, 3.63) is 30.0 Å². The van der Waals surface area contributed by atoms with Crippen molar-refractivity contribution in [1.29, 1.82) is 0 Å². The van der Waals surface area contributed by atoms with Gasteiger partial charge in [-0.15, -0.1) is 24.8 Å². The monoisotopic (exact) mass is 310 g/mol. The topological polar surface area (TPSA) is 55.0 Å². The molecule has 0 unspecified atom stereocenters. The molecule has 0 fully saturated rings. The molecule has 106 valence electrons.